The first-order valence-corrected chi connectivity index (χ1v) is 11.7. The average molecular weight is 503 g/mol. The first-order valence-electron chi connectivity index (χ1n) is 11.1. The maximum Gasteiger partial charge on any atom is 0.251 e. The van der Waals surface area contributed by atoms with Crippen molar-refractivity contribution >= 4 is 23.3 Å². The minimum atomic E-state index is -1.06. The number of hydrogen-bond donors (Lipinski definition) is 3. The van der Waals surface area contributed by atoms with E-state index in [1.165, 1.54) is 24.3 Å². The van der Waals surface area contributed by atoms with Crippen molar-refractivity contribution in [1.82, 2.24) is 9.97 Å². The SMILES string of the molecule is NC(=O)c1ccc(-c2nc(C3CCOCC3)cnc2N)c(C(CO)c2cc(F)cc(CCl)c2)c1F. The molecular formula is C25H25ClF2N4O3. The Kier molecular flexibility index (Phi) is 7.59. The third kappa shape index (κ3) is 5.12. The molecule has 1 unspecified atom stereocenters. The number of nitrogens with zero attached hydrogens (tertiary/aromatic N) is 2. The number of alkyl halides is 1. The number of anilines is 1. The molecule has 7 nitrogen and oxygen atoms in total. The van der Waals surface area contributed by atoms with Gasteiger partial charge in [0.2, 0.25) is 0 Å². The normalized spacial score (nSPS) is 15.2. The van der Waals surface area contributed by atoms with E-state index in [2.05, 4.69) is 4.98 Å². The fraction of sp³-hybridized carbons (Fsp3) is 0.320. The Morgan fingerprint density at radius 2 is 1.97 bits per heavy atom. The van der Waals surface area contributed by atoms with E-state index >= 15 is 4.39 Å². The van der Waals surface area contributed by atoms with Crippen molar-refractivity contribution < 1.29 is 23.4 Å². The lowest BCUT2D eigenvalue weighted by molar-refractivity contribution is 0.0844. The van der Waals surface area contributed by atoms with Crippen molar-refractivity contribution in [2.45, 2.75) is 30.6 Å². The van der Waals surface area contributed by atoms with Gasteiger partial charge in [-0.05, 0) is 42.2 Å². The smallest absolute Gasteiger partial charge is 0.251 e. The van der Waals surface area contributed by atoms with Crippen molar-refractivity contribution in [3.63, 3.8) is 0 Å². The Morgan fingerprint density at radius 3 is 2.63 bits per heavy atom. The van der Waals surface area contributed by atoms with Crippen LogP contribution in [0.3, 0.4) is 0 Å². The summed E-state index contributed by atoms with van der Waals surface area (Å²) in [6, 6.07) is 6.72. The molecule has 3 aromatic rings. The second kappa shape index (κ2) is 10.6. The molecule has 184 valence electrons. The molecule has 0 spiro atoms. The lowest BCUT2D eigenvalue weighted by atomic mass is 9.85. The molecule has 1 atom stereocenters. The maximum absolute atomic E-state index is 15.8. The van der Waals surface area contributed by atoms with Gasteiger partial charge >= 0.3 is 0 Å². The van der Waals surface area contributed by atoms with Crippen molar-refractivity contribution in [2.24, 2.45) is 5.73 Å². The number of primary amides is 1. The molecule has 1 amide bonds. The van der Waals surface area contributed by atoms with E-state index in [0.29, 0.717) is 24.5 Å². The van der Waals surface area contributed by atoms with Crippen LogP contribution in [-0.2, 0) is 10.6 Å². The summed E-state index contributed by atoms with van der Waals surface area (Å²) in [4.78, 5) is 20.9. The number of aliphatic hydroxyl groups excluding tert-OH is 1. The zero-order valence-corrected chi connectivity index (χ0v) is 19.6. The lowest BCUT2D eigenvalue weighted by Gasteiger charge is -2.24. The fourth-order valence-electron chi connectivity index (χ4n) is 4.45. The number of amides is 1. The Bertz CT molecular complexity index is 1250. The number of hydrogen-bond acceptors (Lipinski definition) is 6. The van der Waals surface area contributed by atoms with Crippen molar-refractivity contribution in [1.29, 1.82) is 0 Å². The van der Waals surface area contributed by atoms with E-state index in [-0.39, 0.29) is 45.6 Å². The van der Waals surface area contributed by atoms with Crippen LogP contribution in [-0.4, -0.2) is 40.8 Å². The largest absolute Gasteiger partial charge is 0.395 e. The van der Waals surface area contributed by atoms with Crippen LogP contribution in [0.25, 0.3) is 11.3 Å². The number of ether oxygens (including phenoxy) is 1. The molecule has 1 aliphatic rings. The first kappa shape index (κ1) is 25.0. The number of aliphatic hydroxyl groups is 1. The van der Waals surface area contributed by atoms with E-state index in [4.69, 9.17) is 32.8 Å². The Labute approximate surface area is 206 Å². The molecule has 4 rings (SSSR count). The molecule has 2 heterocycles. The van der Waals surface area contributed by atoms with Gasteiger partial charge in [-0.1, -0.05) is 12.1 Å². The van der Waals surface area contributed by atoms with Crippen LogP contribution in [0.5, 0.6) is 0 Å². The van der Waals surface area contributed by atoms with Gasteiger partial charge in [-0.2, -0.15) is 0 Å². The topological polar surface area (TPSA) is 124 Å². The Morgan fingerprint density at radius 1 is 1.23 bits per heavy atom. The van der Waals surface area contributed by atoms with E-state index in [1.807, 2.05) is 0 Å². The Balaban J connectivity index is 1.93. The predicted octanol–water partition coefficient (Wildman–Crippen LogP) is 3.86. The number of benzene rings is 2. The van der Waals surface area contributed by atoms with Crippen molar-refractivity contribution in [3.05, 3.63) is 76.1 Å². The molecule has 35 heavy (non-hydrogen) atoms. The van der Waals surface area contributed by atoms with Crippen LogP contribution < -0.4 is 11.5 Å². The number of aromatic nitrogens is 2. The highest BCUT2D eigenvalue weighted by Crippen LogP contribution is 2.39. The summed E-state index contributed by atoms with van der Waals surface area (Å²) in [5.74, 6) is -3.42. The van der Waals surface area contributed by atoms with E-state index in [9.17, 15) is 14.3 Å². The molecule has 1 fully saturated rings. The summed E-state index contributed by atoms with van der Waals surface area (Å²) in [7, 11) is 0. The summed E-state index contributed by atoms with van der Waals surface area (Å²) in [6.45, 7) is 0.590. The van der Waals surface area contributed by atoms with Gasteiger partial charge in [0, 0.05) is 42.1 Å². The highest BCUT2D eigenvalue weighted by Gasteiger charge is 2.28. The quantitative estimate of drug-likeness (QED) is 0.421. The fourth-order valence-corrected chi connectivity index (χ4v) is 4.60. The number of carbonyl (C=O) groups excluding carboxylic acids is 1. The minimum Gasteiger partial charge on any atom is -0.395 e. The van der Waals surface area contributed by atoms with Gasteiger partial charge in [0.15, 0.2) is 0 Å². The second-order valence-electron chi connectivity index (χ2n) is 8.43. The molecule has 2 aromatic carbocycles. The standard InChI is InChI=1S/C25H25ClF2N4O3/c26-10-13-7-15(9-16(27)8-13)19(12-33)21-17(1-2-18(22(21)28)25(30)34)23-24(29)31-11-20(32-23)14-3-5-35-6-4-14/h1-2,7-9,11,14,19,33H,3-6,10,12H2,(H2,29,31)(H2,30,34). The van der Waals surface area contributed by atoms with Crippen LogP contribution >= 0.6 is 11.6 Å². The van der Waals surface area contributed by atoms with Crippen LogP contribution in [0.15, 0.2) is 36.5 Å². The molecule has 0 aliphatic carbocycles. The van der Waals surface area contributed by atoms with Crippen molar-refractivity contribution in [3.8, 4) is 11.3 Å². The van der Waals surface area contributed by atoms with Gasteiger partial charge < -0.3 is 21.3 Å². The van der Waals surface area contributed by atoms with Crippen LogP contribution in [0.4, 0.5) is 14.6 Å². The summed E-state index contributed by atoms with van der Waals surface area (Å²) < 4.78 is 35.6. The van der Waals surface area contributed by atoms with E-state index in [0.717, 1.165) is 12.8 Å². The molecule has 1 saturated heterocycles. The number of nitrogens with two attached hydrogens (primary N) is 2. The number of halogens is 3. The maximum atomic E-state index is 15.8. The second-order valence-corrected chi connectivity index (χ2v) is 8.70. The third-order valence-electron chi connectivity index (χ3n) is 6.23. The third-order valence-corrected chi connectivity index (χ3v) is 6.54. The molecule has 10 heteroatoms. The average Bonchev–Trinajstić information content (AvgIpc) is 2.85. The number of carbonyl (C=O) groups is 1. The van der Waals surface area contributed by atoms with E-state index < -0.39 is 30.1 Å². The van der Waals surface area contributed by atoms with Gasteiger partial charge in [0.1, 0.15) is 23.1 Å². The highest BCUT2D eigenvalue weighted by molar-refractivity contribution is 6.17. The molecule has 0 saturated carbocycles. The molecule has 1 aliphatic heterocycles. The molecule has 0 bridgehead atoms. The lowest BCUT2D eigenvalue weighted by Crippen LogP contribution is -2.19. The van der Waals surface area contributed by atoms with Gasteiger partial charge in [0.25, 0.3) is 5.91 Å². The highest BCUT2D eigenvalue weighted by atomic mass is 35.5. The zero-order chi connectivity index (χ0) is 25.1. The summed E-state index contributed by atoms with van der Waals surface area (Å²) in [6.07, 6.45) is 3.10. The van der Waals surface area contributed by atoms with Crippen molar-refractivity contribution in [2.75, 3.05) is 25.6 Å². The molecular weight excluding hydrogens is 478 g/mol. The van der Waals surface area contributed by atoms with Gasteiger partial charge in [0.05, 0.1) is 24.1 Å². The first-order chi connectivity index (χ1) is 16.8. The predicted molar refractivity (Wildman–Crippen MR) is 128 cm³/mol. The molecule has 0 radical (unpaired) electrons. The van der Waals surface area contributed by atoms with Crippen LogP contribution in [0, 0.1) is 11.6 Å². The number of rotatable bonds is 7. The summed E-state index contributed by atoms with van der Waals surface area (Å²) >= 11 is 5.89. The summed E-state index contributed by atoms with van der Waals surface area (Å²) in [5.41, 5.74) is 12.9. The van der Waals surface area contributed by atoms with Crippen LogP contribution in [0.1, 0.15) is 57.4 Å². The zero-order valence-electron chi connectivity index (χ0n) is 18.8. The number of nitrogen functional groups attached to an aromatic ring is 1. The van der Waals surface area contributed by atoms with Gasteiger partial charge in [-0.15, -0.1) is 11.6 Å². The monoisotopic (exact) mass is 502 g/mol. The Hall–Kier alpha value is -3.14. The van der Waals surface area contributed by atoms with Gasteiger partial charge in [-0.25, -0.2) is 18.7 Å². The van der Waals surface area contributed by atoms with E-state index in [1.54, 1.807) is 12.3 Å². The summed E-state index contributed by atoms with van der Waals surface area (Å²) in [5, 5.41) is 10.3. The molecule has 5 N–H and O–H groups in total. The van der Waals surface area contributed by atoms with Crippen LogP contribution in [0.2, 0.25) is 0 Å². The minimum absolute atomic E-state index is 0.0190. The molecule has 1 aromatic heterocycles. The van der Waals surface area contributed by atoms with Gasteiger partial charge in [-0.3, -0.25) is 4.79 Å².